The Morgan fingerprint density at radius 2 is 2.14 bits per heavy atom. The average molecular weight is 305 g/mol. The molecule has 1 atom stereocenters. The first-order valence-electron chi connectivity index (χ1n) is 8.20. The van der Waals surface area contributed by atoms with Crippen LogP contribution in [0.25, 0.3) is 0 Å². The summed E-state index contributed by atoms with van der Waals surface area (Å²) in [6.07, 6.45) is 2.32. The number of carbonyl (C=O) groups excluding carboxylic acids is 1. The van der Waals surface area contributed by atoms with Crippen molar-refractivity contribution in [3.05, 3.63) is 17.5 Å². The highest BCUT2D eigenvalue weighted by molar-refractivity contribution is 5.94. The van der Waals surface area contributed by atoms with Crippen LogP contribution in [-0.4, -0.2) is 45.4 Å². The third-order valence-corrected chi connectivity index (χ3v) is 4.69. The summed E-state index contributed by atoms with van der Waals surface area (Å²) in [5.41, 5.74) is 1.40. The number of nitrogens with zero attached hydrogens (tertiary/aromatic N) is 3. The van der Waals surface area contributed by atoms with E-state index < -0.39 is 0 Å². The predicted octanol–water partition coefficient (Wildman–Crippen LogP) is 2.59. The van der Waals surface area contributed by atoms with Gasteiger partial charge in [-0.25, -0.2) is 0 Å². The fraction of sp³-hybridized carbons (Fsp3) is 0.765. The Kier molecular flexibility index (Phi) is 3.59. The van der Waals surface area contributed by atoms with Gasteiger partial charge in [0, 0.05) is 18.6 Å². The predicted molar refractivity (Wildman–Crippen MR) is 85.0 cm³/mol. The maximum Gasteiger partial charge on any atom is 0.272 e. The highest BCUT2D eigenvalue weighted by Crippen LogP contribution is 2.31. The molecule has 1 aromatic heterocycles. The molecule has 0 aliphatic carbocycles. The van der Waals surface area contributed by atoms with Crippen LogP contribution in [0.1, 0.15) is 63.6 Å². The molecule has 3 rings (SSSR count). The molecule has 1 amide bonds. The first-order valence-corrected chi connectivity index (χ1v) is 8.20. The Balaban J connectivity index is 1.91. The summed E-state index contributed by atoms with van der Waals surface area (Å²) in [4.78, 5) is 14.9. The number of ether oxygens (including phenoxy) is 1. The zero-order valence-electron chi connectivity index (χ0n) is 14.3. The van der Waals surface area contributed by atoms with Gasteiger partial charge in [0.25, 0.3) is 5.91 Å². The zero-order valence-corrected chi connectivity index (χ0v) is 14.3. The van der Waals surface area contributed by atoms with Gasteiger partial charge in [-0.3, -0.25) is 9.48 Å². The molecule has 122 valence electrons. The minimum atomic E-state index is -0.239. The van der Waals surface area contributed by atoms with E-state index in [1.54, 1.807) is 0 Å². The van der Waals surface area contributed by atoms with Crippen molar-refractivity contribution in [1.82, 2.24) is 14.7 Å². The van der Waals surface area contributed by atoms with Crippen molar-refractivity contribution in [2.45, 2.75) is 71.1 Å². The van der Waals surface area contributed by atoms with E-state index in [0.717, 1.165) is 31.7 Å². The van der Waals surface area contributed by atoms with Crippen LogP contribution < -0.4 is 0 Å². The largest absolute Gasteiger partial charge is 0.376 e. The standard InChI is InChI=1S/C17H27N3O2/c1-16(2,3)14-9-13-15(21)19(10-12-7-6-8-22-12)17(4,5)11-20(13)18-14/h9,12H,6-8,10-11H2,1-5H3. The van der Waals surface area contributed by atoms with Gasteiger partial charge in [0.1, 0.15) is 5.69 Å². The van der Waals surface area contributed by atoms with E-state index >= 15 is 0 Å². The number of hydrogen-bond donors (Lipinski definition) is 0. The molecule has 3 heterocycles. The molecule has 1 aromatic rings. The molecule has 5 heteroatoms. The molecular weight excluding hydrogens is 278 g/mol. The number of rotatable bonds is 2. The summed E-state index contributed by atoms with van der Waals surface area (Å²) in [6.45, 7) is 12.8. The average Bonchev–Trinajstić information content (AvgIpc) is 3.01. The van der Waals surface area contributed by atoms with E-state index in [4.69, 9.17) is 4.74 Å². The van der Waals surface area contributed by atoms with Gasteiger partial charge >= 0.3 is 0 Å². The third-order valence-electron chi connectivity index (χ3n) is 4.69. The lowest BCUT2D eigenvalue weighted by Gasteiger charge is -2.43. The number of carbonyl (C=O) groups is 1. The minimum Gasteiger partial charge on any atom is -0.376 e. The first kappa shape index (κ1) is 15.5. The van der Waals surface area contributed by atoms with Crippen LogP contribution in [0.5, 0.6) is 0 Å². The molecule has 0 radical (unpaired) electrons. The fourth-order valence-corrected chi connectivity index (χ4v) is 3.26. The van der Waals surface area contributed by atoms with Gasteiger partial charge in [0.15, 0.2) is 0 Å². The lowest BCUT2D eigenvalue weighted by molar-refractivity contribution is 0.0119. The highest BCUT2D eigenvalue weighted by atomic mass is 16.5. The lowest BCUT2D eigenvalue weighted by atomic mass is 9.92. The highest BCUT2D eigenvalue weighted by Gasteiger charge is 2.41. The van der Waals surface area contributed by atoms with Crippen molar-refractivity contribution >= 4 is 5.91 Å². The summed E-state index contributed by atoms with van der Waals surface area (Å²) < 4.78 is 7.61. The van der Waals surface area contributed by atoms with E-state index in [9.17, 15) is 4.79 Å². The summed E-state index contributed by atoms with van der Waals surface area (Å²) >= 11 is 0. The summed E-state index contributed by atoms with van der Waals surface area (Å²) in [7, 11) is 0. The molecule has 0 saturated carbocycles. The van der Waals surface area contributed by atoms with Crippen LogP contribution in [0.3, 0.4) is 0 Å². The van der Waals surface area contributed by atoms with Crippen molar-refractivity contribution in [2.75, 3.05) is 13.2 Å². The van der Waals surface area contributed by atoms with E-state index in [-0.39, 0.29) is 23.0 Å². The van der Waals surface area contributed by atoms with E-state index in [2.05, 4.69) is 39.7 Å². The summed E-state index contributed by atoms with van der Waals surface area (Å²) in [6, 6.07) is 1.96. The van der Waals surface area contributed by atoms with Crippen molar-refractivity contribution in [3.8, 4) is 0 Å². The van der Waals surface area contributed by atoms with Gasteiger partial charge in [-0.1, -0.05) is 20.8 Å². The minimum absolute atomic E-state index is 0.0475. The maximum atomic E-state index is 13.0. The van der Waals surface area contributed by atoms with Crippen molar-refractivity contribution in [1.29, 1.82) is 0 Å². The third kappa shape index (κ3) is 2.67. The van der Waals surface area contributed by atoms with Crippen LogP contribution in [0.4, 0.5) is 0 Å². The Hall–Kier alpha value is -1.36. The van der Waals surface area contributed by atoms with Crippen molar-refractivity contribution in [2.24, 2.45) is 0 Å². The van der Waals surface area contributed by atoms with Gasteiger partial charge in [-0.05, 0) is 32.8 Å². The van der Waals surface area contributed by atoms with E-state index in [1.165, 1.54) is 0 Å². The molecule has 0 aromatic carbocycles. The second-order valence-electron chi connectivity index (χ2n) is 8.19. The van der Waals surface area contributed by atoms with Gasteiger partial charge in [-0.15, -0.1) is 0 Å². The molecular formula is C17H27N3O2. The Bertz CT molecular complexity index is 577. The molecule has 0 N–H and O–H groups in total. The van der Waals surface area contributed by atoms with E-state index in [0.29, 0.717) is 12.2 Å². The molecule has 1 fully saturated rings. The molecule has 0 spiro atoms. The molecule has 2 aliphatic rings. The van der Waals surface area contributed by atoms with Gasteiger partial charge < -0.3 is 9.64 Å². The van der Waals surface area contributed by atoms with Crippen molar-refractivity contribution in [3.63, 3.8) is 0 Å². The monoisotopic (exact) mass is 305 g/mol. The summed E-state index contributed by atoms with van der Waals surface area (Å²) in [5, 5.41) is 4.67. The molecule has 5 nitrogen and oxygen atoms in total. The number of aromatic nitrogens is 2. The molecule has 1 saturated heterocycles. The number of hydrogen-bond acceptors (Lipinski definition) is 3. The van der Waals surface area contributed by atoms with Crippen LogP contribution in [0.15, 0.2) is 6.07 Å². The second kappa shape index (κ2) is 5.08. The Morgan fingerprint density at radius 1 is 1.41 bits per heavy atom. The van der Waals surface area contributed by atoms with Gasteiger partial charge in [-0.2, -0.15) is 5.10 Å². The normalized spacial score (nSPS) is 24.7. The first-order chi connectivity index (χ1) is 10.2. The van der Waals surface area contributed by atoms with Gasteiger partial charge in [0.05, 0.1) is 23.9 Å². The number of amides is 1. The van der Waals surface area contributed by atoms with Gasteiger partial charge in [0.2, 0.25) is 0 Å². The SMILES string of the molecule is CC(C)(C)c1cc2n(n1)CC(C)(C)N(CC1CCCO1)C2=O. The second-order valence-corrected chi connectivity index (χ2v) is 8.19. The molecule has 0 bridgehead atoms. The topological polar surface area (TPSA) is 47.4 Å². The van der Waals surface area contributed by atoms with Crippen LogP contribution in [0.2, 0.25) is 0 Å². The van der Waals surface area contributed by atoms with Crippen LogP contribution in [-0.2, 0) is 16.7 Å². The quantitative estimate of drug-likeness (QED) is 0.844. The summed E-state index contributed by atoms with van der Waals surface area (Å²) in [5.74, 6) is 0.0785. The smallest absolute Gasteiger partial charge is 0.272 e. The Morgan fingerprint density at radius 3 is 2.73 bits per heavy atom. The fourth-order valence-electron chi connectivity index (χ4n) is 3.26. The van der Waals surface area contributed by atoms with Crippen molar-refractivity contribution < 1.29 is 9.53 Å². The molecule has 22 heavy (non-hydrogen) atoms. The number of fused-ring (bicyclic) bond motifs is 1. The van der Waals surface area contributed by atoms with Crippen LogP contribution in [0, 0.1) is 0 Å². The van der Waals surface area contributed by atoms with Crippen LogP contribution >= 0.6 is 0 Å². The van der Waals surface area contributed by atoms with E-state index in [1.807, 2.05) is 15.6 Å². The molecule has 1 unspecified atom stereocenters. The molecule has 2 aliphatic heterocycles. The lowest BCUT2D eigenvalue weighted by Crippen LogP contribution is -2.56. The Labute approximate surface area is 132 Å². The zero-order chi connectivity index (χ0) is 16.1. The maximum absolute atomic E-state index is 13.0.